The molecule has 0 N–H and O–H groups in total. The fourth-order valence-corrected chi connectivity index (χ4v) is 3.69. The molecule has 1 aromatic carbocycles. The molecule has 1 heterocycles. The second-order valence-corrected chi connectivity index (χ2v) is 6.48. The molecule has 4 heteroatoms. The van der Waals surface area contributed by atoms with E-state index in [0.29, 0.717) is 11.6 Å². The predicted molar refractivity (Wildman–Crippen MR) is 85.4 cm³/mol. The van der Waals surface area contributed by atoms with Crippen LogP contribution in [0.3, 0.4) is 0 Å². The molecule has 3 rings (SSSR count). The highest BCUT2D eigenvalue weighted by molar-refractivity contribution is 5.94. The Labute approximate surface area is 132 Å². The van der Waals surface area contributed by atoms with Gasteiger partial charge in [-0.15, -0.1) is 0 Å². The van der Waals surface area contributed by atoms with Crippen molar-refractivity contribution in [1.82, 2.24) is 9.80 Å². The molecule has 120 valence electrons. The van der Waals surface area contributed by atoms with Gasteiger partial charge in [0.15, 0.2) is 0 Å². The fraction of sp³-hybridized carbons (Fsp3) is 0.611. The first kappa shape index (κ1) is 15.5. The number of carbonyl (C=O) groups is 1. The summed E-state index contributed by atoms with van der Waals surface area (Å²) in [5, 5.41) is 0. The number of nitrogens with zero attached hydrogens (tertiary/aromatic N) is 2. The maximum Gasteiger partial charge on any atom is 0.253 e. The lowest BCUT2D eigenvalue weighted by Crippen LogP contribution is -2.51. The molecule has 0 atom stereocenters. The molecule has 0 spiro atoms. The summed E-state index contributed by atoms with van der Waals surface area (Å²) in [5.74, 6) is -0.268. The molecule has 1 saturated carbocycles. The Kier molecular flexibility index (Phi) is 5.08. The highest BCUT2D eigenvalue weighted by Gasteiger charge is 2.26. The Morgan fingerprint density at radius 2 is 1.50 bits per heavy atom. The van der Waals surface area contributed by atoms with Crippen LogP contribution in [0.1, 0.15) is 48.9 Å². The van der Waals surface area contributed by atoms with Crippen molar-refractivity contribution < 1.29 is 9.18 Å². The van der Waals surface area contributed by atoms with Gasteiger partial charge in [-0.2, -0.15) is 0 Å². The second kappa shape index (κ2) is 7.23. The molecule has 0 bridgehead atoms. The van der Waals surface area contributed by atoms with Crippen LogP contribution in [0.5, 0.6) is 0 Å². The van der Waals surface area contributed by atoms with E-state index in [0.717, 1.165) is 26.2 Å². The van der Waals surface area contributed by atoms with Crippen molar-refractivity contribution in [2.45, 2.75) is 44.6 Å². The van der Waals surface area contributed by atoms with Crippen molar-refractivity contribution >= 4 is 5.91 Å². The van der Waals surface area contributed by atoms with Gasteiger partial charge in [0.1, 0.15) is 5.82 Å². The molecule has 3 nitrogen and oxygen atoms in total. The molecule has 0 unspecified atom stereocenters. The van der Waals surface area contributed by atoms with Crippen LogP contribution in [0.2, 0.25) is 0 Å². The minimum atomic E-state index is -0.297. The minimum absolute atomic E-state index is 0.0283. The number of amides is 1. The predicted octanol–water partition coefficient (Wildman–Crippen LogP) is 3.31. The Balaban J connectivity index is 1.54. The zero-order chi connectivity index (χ0) is 15.4. The third kappa shape index (κ3) is 3.67. The first-order valence-corrected chi connectivity index (χ1v) is 8.53. The lowest BCUT2D eigenvalue weighted by Gasteiger charge is -2.39. The smallest absolute Gasteiger partial charge is 0.253 e. The zero-order valence-corrected chi connectivity index (χ0v) is 13.1. The van der Waals surface area contributed by atoms with Gasteiger partial charge in [0.25, 0.3) is 5.91 Å². The molecule has 0 aromatic heterocycles. The SMILES string of the molecule is O=C(c1ccc(F)cc1)N1CCN(C2CCCCCC2)CC1. The number of hydrogen-bond acceptors (Lipinski definition) is 2. The molecule has 2 fully saturated rings. The standard InChI is InChI=1S/C18H25FN2O/c19-16-9-7-15(8-10-16)18(22)21-13-11-20(12-14-21)17-5-3-1-2-4-6-17/h7-10,17H,1-6,11-14H2. The maximum atomic E-state index is 13.0. The quantitative estimate of drug-likeness (QED) is 0.783. The van der Waals surface area contributed by atoms with E-state index in [1.807, 2.05) is 4.90 Å². The highest BCUT2D eigenvalue weighted by Crippen LogP contribution is 2.23. The fourth-order valence-electron chi connectivity index (χ4n) is 3.69. The lowest BCUT2D eigenvalue weighted by atomic mass is 10.1. The van der Waals surface area contributed by atoms with E-state index < -0.39 is 0 Å². The number of rotatable bonds is 2. The van der Waals surface area contributed by atoms with Crippen molar-refractivity contribution in [3.05, 3.63) is 35.6 Å². The summed E-state index contributed by atoms with van der Waals surface area (Å²) < 4.78 is 13.0. The van der Waals surface area contributed by atoms with Gasteiger partial charge >= 0.3 is 0 Å². The first-order valence-electron chi connectivity index (χ1n) is 8.53. The Hall–Kier alpha value is -1.42. The van der Waals surface area contributed by atoms with Gasteiger partial charge in [-0.05, 0) is 37.1 Å². The summed E-state index contributed by atoms with van der Waals surface area (Å²) in [5.41, 5.74) is 0.587. The molecule has 1 amide bonds. The molecule has 1 aliphatic carbocycles. The van der Waals surface area contributed by atoms with Crippen LogP contribution in [-0.4, -0.2) is 47.9 Å². The normalized spacial score (nSPS) is 21.6. The summed E-state index contributed by atoms with van der Waals surface area (Å²) >= 11 is 0. The molecule has 1 aliphatic heterocycles. The average molecular weight is 304 g/mol. The van der Waals surface area contributed by atoms with E-state index in [2.05, 4.69) is 4.90 Å². The molecular formula is C18H25FN2O. The Morgan fingerprint density at radius 1 is 0.909 bits per heavy atom. The molecule has 0 radical (unpaired) electrons. The number of piperazine rings is 1. The van der Waals surface area contributed by atoms with Crippen LogP contribution in [-0.2, 0) is 0 Å². The number of carbonyl (C=O) groups excluding carboxylic acids is 1. The summed E-state index contributed by atoms with van der Waals surface area (Å²) in [7, 11) is 0. The number of halogens is 1. The van der Waals surface area contributed by atoms with E-state index in [-0.39, 0.29) is 11.7 Å². The van der Waals surface area contributed by atoms with Gasteiger partial charge in [0.05, 0.1) is 0 Å². The van der Waals surface area contributed by atoms with Crippen LogP contribution < -0.4 is 0 Å². The average Bonchev–Trinajstić information content (AvgIpc) is 2.84. The highest BCUT2D eigenvalue weighted by atomic mass is 19.1. The number of benzene rings is 1. The monoisotopic (exact) mass is 304 g/mol. The molecule has 1 aromatic rings. The second-order valence-electron chi connectivity index (χ2n) is 6.48. The van der Waals surface area contributed by atoms with Gasteiger partial charge in [-0.3, -0.25) is 9.69 Å². The van der Waals surface area contributed by atoms with E-state index in [1.54, 1.807) is 12.1 Å². The zero-order valence-electron chi connectivity index (χ0n) is 13.1. The minimum Gasteiger partial charge on any atom is -0.336 e. The summed E-state index contributed by atoms with van der Waals surface area (Å²) in [6, 6.07) is 6.58. The van der Waals surface area contributed by atoms with Crippen LogP contribution in [0.15, 0.2) is 24.3 Å². The van der Waals surface area contributed by atoms with Crippen molar-refractivity contribution in [2.24, 2.45) is 0 Å². The number of hydrogen-bond donors (Lipinski definition) is 0. The van der Waals surface area contributed by atoms with Crippen LogP contribution >= 0.6 is 0 Å². The summed E-state index contributed by atoms with van der Waals surface area (Å²) in [4.78, 5) is 16.9. The third-order valence-electron chi connectivity index (χ3n) is 5.03. The molecule has 22 heavy (non-hydrogen) atoms. The van der Waals surface area contributed by atoms with Crippen LogP contribution in [0.25, 0.3) is 0 Å². The van der Waals surface area contributed by atoms with Crippen molar-refractivity contribution in [3.63, 3.8) is 0 Å². The van der Waals surface area contributed by atoms with Crippen LogP contribution in [0.4, 0.5) is 4.39 Å². The third-order valence-corrected chi connectivity index (χ3v) is 5.03. The largest absolute Gasteiger partial charge is 0.336 e. The van der Waals surface area contributed by atoms with Crippen molar-refractivity contribution in [2.75, 3.05) is 26.2 Å². The van der Waals surface area contributed by atoms with E-state index in [1.165, 1.54) is 50.7 Å². The van der Waals surface area contributed by atoms with Gasteiger partial charge in [-0.25, -0.2) is 4.39 Å². The molecule has 2 aliphatic rings. The van der Waals surface area contributed by atoms with Gasteiger partial charge in [0, 0.05) is 37.8 Å². The summed E-state index contributed by atoms with van der Waals surface area (Å²) in [6.45, 7) is 3.51. The maximum absolute atomic E-state index is 13.0. The van der Waals surface area contributed by atoms with Gasteiger partial charge in [-0.1, -0.05) is 25.7 Å². The van der Waals surface area contributed by atoms with Crippen molar-refractivity contribution in [1.29, 1.82) is 0 Å². The van der Waals surface area contributed by atoms with Gasteiger partial charge < -0.3 is 4.90 Å². The van der Waals surface area contributed by atoms with E-state index >= 15 is 0 Å². The van der Waals surface area contributed by atoms with Gasteiger partial charge in [0.2, 0.25) is 0 Å². The topological polar surface area (TPSA) is 23.6 Å². The Bertz CT molecular complexity index is 486. The molecule has 1 saturated heterocycles. The van der Waals surface area contributed by atoms with Crippen molar-refractivity contribution in [3.8, 4) is 0 Å². The summed E-state index contributed by atoms with van der Waals surface area (Å²) in [6.07, 6.45) is 8.07. The Morgan fingerprint density at radius 3 is 2.09 bits per heavy atom. The van der Waals surface area contributed by atoms with Crippen LogP contribution in [0, 0.1) is 5.82 Å². The first-order chi connectivity index (χ1) is 10.7. The lowest BCUT2D eigenvalue weighted by molar-refractivity contribution is 0.0551. The van der Waals surface area contributed by atoms with E-state index in [9.17, 15) is 9.18 Å². The van der Waals surface area contributed by atoms with E-state index in [4.69, 9.17) is 0 Å². The molecular weight excluding hydrogens is 279 g/mol.